The molecule has 0 saturated carbocycles. The fraction of sp³-hybridized carbons (Fsp3) is 0.703. The maximum Gasteiger partial charge on any atom is 0.328 e. The molecule has 2 aliphatic rings. The third-order valence-corrected chi connectivity index (χ3v) is 9.30. The topological polar surface area (TPSA) is 99.2 Å². The first-order chi connectivity index (χ1) is 21.1. The Balaban J connectivity index is 1.74. The Kier molecular flexibility index (Phi) is 13.2. The van der Waals surface area contributed by atoms with Crippen molar-refractivity contribution in [3.8, 4) is 0 Å². The van der Waals surface area contributed by atoms with Crippen LogP contribution >= 0.6 is 0 Å². The van der Waals surface area contributed by atoms with Gasteiger partial charge in [-0.3, -0.25) is 9.59 Å². The number of allylic oxidation sites excluding steroid dienone is 1. The SMILES string of the molecule is CCCC[C@H](NC(=O)[C@@H]1CCCN1C(=O)[C@H](/C=C/[C@@H](C)CC(C)C)Cc1ccccc1)C(=O)OC1CC(C)(C)N(O)C(C)(C)C1. The monoisotopic (exact) mass is 625 g/mol. The lowest BCUT2D eigenvalue weighted by molar-refractivity contribution is -0.259. The predicted octanol–water partition coefficient (Wildman–Crippen LogP) is 6.70. The first-order valence-electron chi connectivity index (χ1n) is 17.2. The van der Waals surface area contributed by atoms with E-state index in [9.17, 15) is 19.6 Å². The highest BCUT2D eigenvalue weighted by Crippen LogP contribution is 2.38. The molecule has 2 N–H and O–H groups in total. The highest BCUT2D eigenvalue weighted by atomic mass is 16.5. The van der Waals surface area contributed by atoms with Crippen LogP contribution in [0.15, 0.2) is 42.5 Å². The summed E-state index contributed by atoms with van der Waals surface area (Å²) in [4.78, 5) is 43.1. The van der Waals surface area contributed by atoms with E-state index in [1.165, 1.54) is 5.06 Å². The number of likely N-dealkylation sites (tertiary alicyclic amines) is 1. The number of amides is 2. The second-order valence-electron chi connectivity index (χ2n) is 15.1. The van der Waals surface area contributed by atoms with Crippen LogP contribution in [0.4, 0.5) is 0 Å². The van der Waals surface area contributed by atoms with Crippen molar-refractivity contribution in [1.82, 2.24) is 15.3 Å². The van der Waals surface area contributed by atoms with Gasteiger partial charge in [0.1, 0.15) is 18.2 Å². The molecule has 0 unspecified atom stereocenters. The molecule has 252 valence electrons. The van der Waals surface area contributed by atoms with Crippen LogP contribution in [0, 0.1) is 17.8 Å². The van der Waals surface area contributed by atoms with Crippen molar-refractivity contribution in [2.45, 2.75) is 142 Å². The van der Waals surface area contributed by atoms with Gasteiger partial charge in [-0.15, -0.1) is 0 Å². The molecule has 3 rings (SSSR count). The number of ether oxygens (including phenoxy) is 1. The number of nitrogens with zero attached hydrogens (tertiary/aromatic N) is 2. The van der Waals surface area contributed by atoms with Crippen molar-refractivity contribution in [3.05, 3.63) is 48.0 Å². The third kappa shape index (κ3) is 10.4. The number of hydroxylamine groups is 2. The third-order valence-electron chi connectivity index (χ3n) is 9.30. The van der Waals surface area contributed by atoms with E-state index in [1.54, 1.807) is 4.90 Å². The van der Waals surface area contributed by atoms with Gasteiger partial charge in [-0.2, -0.15) is 5.06 Å². The number of benzene rings is 1. The molecule has 1 aromatic rings. The lowest BCUT2D eigenvalue weighted by Crippen LogP contribution is -2.61. The zero-order valence-electron chi connectivity index (χ0n) is 29.1. The summed E-state index contributed by atoms with van der Waals surface area (Å²) >= 11 is 0. The summed E-state index contributed by atoms with van der Waals surface area (Å²) in [6.45, 7) is 16.9. The van der Waals surface area contributed by atoms with Crippen molar-refractivity contribution in [3.63, 3.8) is 0 Å². The molecule has 2 fully saturated rings. The summed E-state index contributed by atoms with van der Waals surface area (Å²) in [5.74, 6) is -0.245. The second-order valence-corrected chi connectivity index (χ2v) is 15.1. The maximum absolute atomic E-state index is 14.1. The minimum Gasteiger partial charge on any atom is -0.461 e. The van der Waals surface area contributed by atoms with E-state index in [0.717, 1.165) is 31.2 Å². The molecule has 0 aliphatic carbocycles. The molecule has 0 spiro atoms. The molecular formula is C37H59N3O5. The van der Waals surface area contributed by atoms with Gasteiger partial charge in [0, 0.05) is 30.5 Å². The van der Waals surface area contributed by atoms with E-state index < -0.39 is 29.1 Å². The number of rotatable bonds is 14. The fourth-order valence-corrected chi connectivity index (χ4v) is 7.20. The van der Waals surface area contributed by atoms with Crippen LogP contribution in [0.25, 0.3) is 0 Å². The smallest absolute Gasteiger partial charge is 0.328 e. The van der Waals surface area contributed by atoms with Crippen LogP contribution < -0.4 is 5.32 Å². The predicted molar refractivity (Wildman–Crippen MR) is 178 cm³/mol. The molecule has 4 atom stereocenters. The Morgan fingerprint density at radius 3 is 2.29 bits per heavy atom. The Bertz CT molecular complexity index is 1130. The number of esters is 1. The van der Waals surface area contributed by atoms with Crippen molar-refractivity contribution in [2.24, 2.45) is 17.8 Å². The molecule has 2 amide bonds. The molecule has 0 aromatic heterocycles. The first kappa shape index (κ1) is 36.8. The molecule has 0 bridgehead atoms. The first-order valence-corrected chi connectivity index (χ1v) is 17.2. The summed E-state index contributed by atoms with van der Waals surface area (Å²) in [5.41, 5.74) is -0.0358. The van der Waals surface area contributed by atoms with E-state index in [1.807, 2.05) is 71.0 Å². The molecule has 2 aliphatic heterocycles. The van der Waals surface area contributed by atoms with Crippen molar-refractivity contribution < 1.29 is 24.3 Å². The van der Waals surface area contributed by atoms with Crippen molar-refractivity contribution in [1.29, 1.82) is 0 Å². The quantitative estimate of drug-likeness (QED) is 0.176. The van der Waals surface area contributed by atoms with Crippen LogP contribution in [0.3, 0.4) is 0 Å². The zero-order valence-corrected chi connectivity index (χ0v) is 29.1. The van der Waals surface area contributed by atoms with E-state index in [0.29, 0.717) is 50.5 Å². The van der Waals surface area contributed by atoms with Crippen LogP contribution in [-0.2, 0) is 25.5 Å². The molecular weight excluding hydrogens is 566 g/mol. The molecule has 0 radical (unpaired) electrons. The number of piperidine rings is 1. The highest BCUT2D eigenvalue weighted by Gasteiger charge is 2.47. The van der Waals surface area contributed by atoms with Gasteiger partial charge in [-0.05, 0) is 77.2 Å². The number of carbonyl (C=O) groups excluding carboxylic acids is 3. The van der Waals surface area contributed by atoms with Gasteiger partial charge in [0.25, 0.3) is 0 Å². The summed E-state index contributed by atoms with van der Waals surface area (Å²) in [7, 11) is 0. The summed E-state index contributed by atoms with van der Waals surface area (Å²) in [6, 6.07) is 8.61. The van der Waals surface area contributed by atoms with Gasteiger partial charge in [-0.1, -0.05) is 83.0 Å². The lowest BCUT2D eigenvalue weighted by Gasteiger charge is -2.51. The highest BCUT2D eigenvalue weighted by molar-refractivity contribution is 5.92. The van der Waals surface area contributed by atoms with Crippen LogP contribution in [0.5, 0.6) is 0 Å². The molecule has 45 heavy (non-hydrogen) atoms. The summed E-state index contributed by atoms with van der Waals surface area (Å²) in [5, 5.41) is 15.0. The van der Waals surface area contributed by atoms with Gasteiger partial charge in [-0.25, -0.2) is 4.79 Å². The van der Waals surface area contributed by atoms with Gasteiger partial charge < -0.3 is 20.2 Å². The summed E-state index contributed by atoms with van der Waals surface area (Å²) in [6.07, 6.45) is 9.82. The van der Waals surface area contributed by atoms with E-state index in [2.05, 4.69) is 32.2 Å². The van der Waals surface area contributed by atoms with Crippen LogP contribution in [0.2, 0.25) is 0 Å². The average Bonchev–Trinajstić information content (AvgIpc) is 3.46. The molecule has 1 aromatic carbocycles. The van der Waals surface area contributed by atoms with Crippen LogP contribution in [-0.4, -0.2) is 68.8 Å². The summed E-state index contributed by atoms with van der Waals surface area (Å²) < 4.78 is 6.01. The molecule has 2 heterocycles. The van der Waals surface area contributed by atoms with Crippen molar-refractivity contribution in [2.75, 3.05) is 6.54 Å². The Morgan fingerprint density at radius 1 is 1.04 bits per heavy atom. The number of hydrogen-bond donors (Lipinski definition) is 2. The van der Waals surface area contributed by atoms with Gasteiger partial charge in [0.15, 0.2) is 0 Å². The zero-order chi connectivity index (χ0) is 33.4. The van der Waals surface area contributed by atoms with E-state index >= 15 is 0 Å². The number of hydrogen-bond acceptors (Lipinski definition) is 6. The van der Waals surface area contributed by atoms with Gasteiger partial charge in [0.05, 0.1) is 5.92 Å². The van der Waals surface area contributed by atoms with E-state index in [-0.39, 0.29) is 23.8 Å². The standard InChI is InChI=1S/C37H59N3O5/c1-9-10-17-31(35(43)45-30-24-36(5,6)40(44)37(7,8)25-30)38-33(41)32-18-14-21-39(32)34(42)29(20-19-27(4)22-26(2)3)23-28-15-12-11-13-16-28/h11-13,15-16,19-20,26-27,29-32,44H,9-10,14,17-18,21-25H2,1-8H3,(H,38,41)/b20-19+/t27-,29-,31+,32+/m1/s1. The number of nitrogens with one attached hydrogen (secondary N) is 1. The Hall–Kier alpha value is -2.71. The fourth-order valence-electron chi connectivity index (χ4n) is 7.20. The van der Waals surface area contributed by atoms with Crippen molar-refractivity contribution >= 4 is 17.8 Å². The largest absolute Gasteiger partial charge is 0.461 e. The van der Waals surface area contributed by atoms with Gasteiger partial charge >= 0.3 is 5.97 Å². The van der Waals surface area contributed by atoms with Crippen LogP contribution in [0.1, 0.15) is 112 Å². The molecule has 8 heteroatoms. The number of unbranched alkanes of at least 4 members (excludes halogenated alkanes) is 1. The lowest BCUT2D eigenvalue weighted by atomic mass is 9.80. The minimum absolute atomic E-state index is 0.0441. The molecule has 2 saturated heterocycles. The van der Waals surface area contributed by atoms with Gasteiger partial charge in [0.2, 0.25) is 11.8 Å². The average molecular weight is 626 g/mol. The van der Waals surface area contributed by atoms with E-state index in [4.69, 9.17) is 4.74 Å². The molecule has 8 nitrogen and oxygen atoms in total. The number of carbonyl (C=O) groups is 3. The Morgan fingerprint density at radius 2 is 1.69 bits per heavy atom. The Labute approximate surface area is 271 Å². The second kappa shape index (κ2) is 16.2. The maximum atomic E-state index is 14.1. The minimum atomic E-state index is -0.787. The normalized spacial score (nSPS) is 22.4.